The molecule has 8 nitrogen and oxygen atoms in total. The molecule has 250 valence electrons. The topological polar surface area (TPSA) is 102 Å². The van der Waals surface area contributed by atoms with Gasteiger partial charge >= 0.3 is 11.9 Å². The van der Waals surface area contributed by atoms with Gasteiger partial charge in [-0.2, -0.15) is 0 Å². The largest absolute Gasteiger partial charge is 0.465 e. The number of esters is 2. The van der Waals surface area contributed by atoms with Crippen molar-refractivity contribution in [3.05, 3.63) is 16.6 Å². The molecule has 0 bridgehead atoms. The maximum Gasteiger partial charge on any atom is 0.317 e. The van der Waals surface area contributed by atoms with Crippen molar-refractivity contribution >= 4 is 11.9 Å². The summed E-state index contributed by atoms with van der Waals surface area (Å²) in [4.78, 5) is 42.5. The van der Waals surface area contributed by atoms with Crippen LogP contribution in [0.15, 0.2) is 11.6 Å². The second-order valence-electron chi connectivity index (χ2n) is 16.0. The fourth-order valence-corrected chi connectivity index (χ4v) is 9.78. The summed E-state index contributed by atoms with van der Waals surface area (Å²) in [6.45, 7) is 13.9. The third kappa shape index (κ3) is 7.36. The number of nitrogens with zero attached hydrogens (tertiary/aromatic N) is 1. The predicted octanol–water partition coefficient (Wildman–Crippen LogP) is 7.21. The van der Waals surface area contributed by atoms with Gasteiger partial charge in [-0.25, -0.2) is 4.84 Å². The van der Waals surface area contributed by atoms with Gasteiger partial charge in [-0.1, -0.05) is 65.5 Å². The van der Waals surface area contributed by atoms with Crippen LogP contribution in [0, 0.1) is 56.7 Å². The van der Waals surface area contributed by atoms with Gasteiger partial charge in [-0.3, -0.25) is 9.59 Å². The number of carbonyl (C=O) groups is 2. The molecule has 4 aliphatic rings. The van der Waals surface area contributed by atoms with E-state index in [1.54, 1.807) is 0 Å². The molecule has 0 heterocycles. The number of rotatable bonds is 14. The maximum absolute atomic E-state index is 12.6. The minimum absolute atomic E-state index is 0.129. The molecule has 0 saturated heterocycles. The molecule has 9 atom stereocenters. The van der Waals surface area contributed by atoms with Crippen molar-refractivity contribution in [3.8, 4) is 0 Å². The van der Waals surface area contributed by atoms with Crippen LogP contribution in [0.3, 0.4) is 0 Å². The average molecular weight is 619 g/mol. The number of aliphatic hydroxyl groups excluding tert-OH is 1. The first kappa shape index (κ1) is 34.9. The normalized spacial score (nSPS) is 34.9. The average Bonchev–Trinajstić information content (AvgIpc) is 3.33. The molecule has 0 aromatic heterocycles. The van der Waals surface area contributed by atoms with Gasteiger partial charge in [0.05, 0.1) is 11.5 Å². The molecule has 0 amide bonds. The van der Waals surface area contributed by atoms with Crippen molar-refractivity contribution in [3.63, 3.8) is 0 Å². The Labute approximate surface area is 265 Å². The van der Waals surface area contributed by atoms with Gasteiger partial charge in [0.2, 0.25) is 4.92 Å². The molecular formula is C36H60NO7+. The third-order valence-electron chi connectivity index (χ3n) is 12.5. The van der Waals surface area contributed by atoms with E-state index in [1.165, 1.54) is 64.4 Å². The lowest BCUT2D eigenvalue weighted by molar-refractivity contribution is -0.813. The van der Waals surface area contributed by atoms with Crippen LogP contribution >= 0.6 is 0 Å². The van der Waals surface area contributed by atoms with Crippen molar-refractivity contribution in [2.45, 2.75) is 125 Å². The lowest BCUT2D eigenvalue weighted by atomic mass is 9.47. The van der Waals surface area contributed by atoms with E-state index in [0.29, 0.717) is 16.3 Å². The number of fused-ring (bicyclic) bond motifs is 5. The number of hydrogen-bond acceptors (Lipinski definition) is 7. The van der Waals surface area contributed by atoms with E-state index in [9.17, 15) is 19.6 Å². The van der Waals surface area contributed by atoms with Crippen molar-refractivity contribution < 1.29 is 33.9 Å². The molecule has 1 N–H and O–H groups in total. The predicted molar refractivity (Wildman–Crippen MR) is 169 cm³/mol. The number of carbonyl (C=O) groups excluding carboxylic acids is 2. The number of ether oxygens (including phenoxy) is 2. The van der Waals surface area contributed by atoms with Gasteiger partial charge in [-0.05, 0) is 98.2 Å². The van der Waals surface area contributed by atoms with E-state index >= 15 is 0 Å². The highest BCUT2D eigenvalue weighted by molar-refractivity contribution is 5.77. The van der Waals surface area contributed by atoms with Crippen molar-refractivity contribution in [1.29, 1.82) is 0 Å². The lowest BCUT2D eigenvalue weighted by Gasteiger charge is -2.58. The first-order valence-electron chi connectivity index (χ1n) is 17.5. The summed E-state index contributed by atoms with van der Waals surface area (Å²) in [5, 5.41) is 9.62. The van der Waals surface area contributed by atoms with E-state index in [0.717, 1.165) is 55.3 Å². The molecule has 3 saturated carbocycles. The molecule has 0 aromatic rings. The van der Waals surface area contributed by atoms with Crippen LogP contribution in [-0.4, -0.2) is 54.4 Å². The lowest BCUT2D eigenvalue weighted by Crippen LogP contribution is -2.51. The fraction of sp³-hybridized carbons (Fsp3) is 0.889. The van der Waals surface area contributed by atoms with Crippen LogP contribution in [0.2, 0.25) is 0 Å². The summed E-state index contributed by atoms with van der Waals surface area (Å²) in [5.74, 6) is 3.51. The molecule has 0 radical (unpaired) electrons. The van der Waals surface area contributed by atoms with Crippen molar-refractivity contribution in [1.82, 2.24) is 0 Å². The Balaban J connectivity index is 1.29. The molecule has 8 heteroatoms. The Morgan fingerprint density at radius 2 is 1.82 bits per heavy atom. The Morgan fingerprint density at radius 1 is 1.07 bits per heavy atom. The van der Waals surface area contributed by atoms with E-state index in [1.807, 2.05) is 0 Å². The summed E-state index contributed by atoms with van der Waals surface area (Å²) in [7, 11) is 0. The van der Waals surface area contributed by atoms with E-state index in [2.05, 4.69) is 40.7 Å². The van der Waals surface area contributed by atoms with Gasteiger partial charge in [0.25, 0.3) is 6.54 Å². The first-order chi connectivity index (χ1) is 20.7. The minimum atomic E-state index is -1.37. The third-order valence-corrected chi connectivity index (χ3v) is 12.5. The van der Waals surface area contributed by atoms with E-state index in [-0.39, 0.29) is 31.3 Å². The highest BCUT2D eigenvalue weighted by atomic mass is 16.8. The second-order valence-corrected chi connectivity index (χ2v) is 16.0. The smallest absolute Gasteiger partial charge is 0.317 e. The van der Waals surface area contributed by atoms with Gasteiger partial charge in [0, 0.05) is 13.3 Å². The van der Waals surface area contributed by atoms with Crippen LogP contribution in [0.1, 0.15) is 119 Å². The van der Waals surface area contributed by atoms with E-state index < -0.39 is 24.0 Å². The first-order valence-corrected chi connectivity index (χ1v) is 17.5. The number of aliphatic hydroxyl groups is 1. The molecule has 44 heavy (non-hydrogen) atoms. The Hall–Kier alpha value is -1.96. The van der Waals surface area contributed by atoms with Crippen LogP contribution < -0.4 is 0 Å². The van der Waals surface area contributed by atoms with Crippen LogP contribution in [0.5, 0.6) is 0 Å². The monoisotopic (exact) mass is 618 g/mol. The standard InChI is InChI=1S/C36H60NO7/c1-24(2)9-8-10-25(3)30-13-14-31-29-12-11-27-21-28(15-17-35(27,6)32(29)16-18-36(30,31)7)44-37(41)19-20-42-33(40)34(5,22-38)23-43-26(4)39/h11,24-25,28-32,38H,8-10,12-23H2,1-7H3/q+1/t25-,28?,29+,30?,31+,32+,34?,35+,36-/m1/s1. The van der Waals surface area contributed by atoms with Crippen LogP contribution in [0.4, 0.5) is 0 Å². The van der Waals surface area contributed by atoms with Gasteiger partial charge < -0.3 is 14.6 Å². The summed E-state index contributed by atoms with van der Waals surface area (Å²) in [5.41, 5.74) is 0.757. The van der Waals surface area contributed by atoms with Gasteiger partial charge in [-0.15, -0.1) is 0 Å². The molecule has 0 spiro atoms. The fourth-order valence-electron chi connectivity index (χ4n) is 9.78. The summed E-state index contributed by atoms with van der Waals surface area (Å²) in [6.07, 6.45) is 15.7. The van der Waals surface area contributed by atoms with Gasteiger partial charge in [0.15, 0.2) is 12.7 Å². The molecular weight excluding hydrogens is 558 g/mol. The van der Waals surface area contributed by atoms with E-state index in [4.69, 9.17) is 14.3 Å². The quantitative estimate of drug-likeness (QED) is 0.125. The Kier molecular flexibility index (Phi) is 11.3. The molecule has 0 aromatic carbocycles. The maximum atomic E-state index is 12.6. The van der Waals surface area contributed by atoms with Crippen molar-refractivity contribution in [2.75, 3.05) is 26.4 Å². The molecule has 4 rings (SSSR count). The molecule has 4 aliphatic carbocycles. The molecule has 0 aliphatic heterocycles. The highest BCUT2D eigenvalue weighted by Crippen LogP contribution is 2.67. The van der Waals surface area contributed by atoms with Crippen LogP contribution in [0.25, 0.3) is 0 Å². The summed E-state index contributed by atoms with van der Waals surface area (Å²) < 4.78 is 10.1. The second kappa shape index (κ2) is 14.2. The Bertz CT molecular complexity index is 1070. The highest BCUT2D eigenvalue weighted by Gasteiger charge is 2.59. The summed E-state index contributed by atoms with van der Waals surface area (Å²) in [6, 6.07) is 0. The molecule has 3 unspecified atom stereocenters. The van der Waals surface area contributed by atoms with Crippen LogP contribution in [-0.2, 0) is 23.9 Å². The minimum Gasteiger partial charge on any atom is -0.465 e. The zero-order chi connectivity index (χ0) is 32.3. The Morgan fingerprint density at radius 3 is 2.50 bits per heavy atom. The zero-order valence-corrected chi connectivity index (χ0v) is 28.6. The SMILES string of the molecule is CC(=O)OCC(C)(CO)C(=O)OCC[N+](=O)OC1CC[C@@]2(C)C(=CC[C@@H]3[C@@H]2CC[C@]2(C)C([C@H](C)CCCC(C)C)CC[C@@H]32)C1. The zero-order valence-electron chi connectivity index (χ0n) is 28.6. The summed E-state index contributed by atoms with van der Waals surface area (Å²) >= 11 is 0. The number of hydrogen-bond donors (Lipinski definition) is 1. The van der Waals surface area contributed by atoms with Gasteiger partial charge in [0.1, 0.15) is 12.0 Å². The molecule has 3 fully saturated rings. The van der Waals surface area contributed by atoms with Crippen molar-refractivity contribution in [2.24, 2.45) is 51.8 Å². The number of allylic oxidation sites excluding steroid dienone is 1.